The normalized spacial score (nSPS) is 28.9. The molecule has 0 radical (unpaired) electrons. The molecule has 1 unspecified atom stereocenters. The highest BCUT2D eigenvalue weighted by Gasteiger charge is 2.70. The number of rotatable bonds is 7. The van der Waals surface area contributed by atoms with E-state index in [0.717, 1.165) is 6.20 Å². The molecule has 1 fully saturated rings. The number of nitrogens with two attached hydrogens (primary N) is 1. The van der Waals surface area contributed by atoms with Crippen molar-refractivity contribution in [2.75, 3.05) is 19.0 Å². The minimum atomic E-state index is -3.24. The van der Waals surface area contributed by atoms with E-state index >= 15 is 0 Å². The van der Waals surface area contributed by atoms with Gasteiger partial charge in [-0.15, -0.1) is 5.06 Å². The summed E-state index contributed by atoms with van der Waals surface area (Å²) < 4.78 is 18.8. The van der Waals surface area contributed by atoms with Crippen molar-refractivity contribution in [1.82, 2.24) is 14.6 Å². The number of aromatic hydroxyl groups is 1. The minimum absolute atomic E-state index is 0.00330. The number of alkyl halides is 1. The number of halogens is 1. The molecule has 2 heterocycles. The number of nitrogens with zero attached hydrogens (tertiary/aromatic N) is 3. The Morgan fingerprint density at radius 2 is 1.97 bits per heavy atom. The Morgan fingerprint density at radius 1 is 1.34 bits per heavy atom. The van der Waals surface area contributed by atoms with Crippen LogP contribution in [0.15, 0.2) is 35.3 Å². The van der Waals surface area contributed by atoms with E-state index in [9.17, 15) is 39.9 Å². The summed E-state index contributed by atoms with van der Waals surface area (Å²) in [4.78, 5) is 16.1. The molecule has 176 valence electrons. The van der Waals surface area contributed by atoms with Crippen LogP contribution in [0.2, 0.25) is 0 Å². The predicted molar refractivity (Wildman–Crippen MR) is 106 cm³/mol. The molecular weight excluding hydrogens is 431 g/mol. The molecule has 1 aromatic heterocycles. The summed E-state index contributed by atoms with van der Waals surface area (Å²) >= 11 is 0. The van der Waals surface area contributed by atoms with Gasteiger partial charge in [-0.25, -0.2) is 14.3 Å². The van der Waals surface area contributed by atoms with Gasteiger partial charge >= 0.3 is 11.6 Å². The topological polar surface area (TPSA) is 195 Å². The zero-order chi connectivity index (χ0) is 23.8. The van der Waals surface area contributed by atoms with Crippen molar-refractivity contribution in [3.8, 4) is 5.75 Å². The standard InChI is InChI=1S/C19H25FN4O8/c1-10(6-20)13-7-22-17(28)24(16(13)21)19(30)18(29,15(27)14(9-25)32-19)23(31)8-11-2-4-12(26)5-3-11/h2-5,7,10,14-15,25-27,29-31H,6,8-9,21H2,1H3/t10?,14-,15-,18-,19-/m1/s1. The molecule has 1 aromatic carbocycles. The number of benzene rings is 1. The first-order valence-corrected chi connectivity index (χ1v) is 9.61. The Morgan fingerprint density at radius 3 is 2.53 bits per heavy atom. The molecule has 2 aromatic rings. The molecule has 1 saturated heterocycles. The first-order chi connectivity index (χ1) is 15.0. The SMILES string of the molecule is CC(CF)c1cnc(=O)n([C@]2(O)O[C@H](CO)[C@@H](O)[C@]2(O)N(O)Cc2ccc(O)cc2)c1N. The Hall–Kier alpha value is -2.65. The number of phenols is 1. The van der Waals surface area contributed by atoms with Crippen molar-refractivity contribution in [2.24, 2.45) is 0 Å². The van der Waals surface area contributed by atoms with E-state index in [1.807, 2.05) is 0 Å². The number of nitrogen functional groups attached to an aromatic ring is 1. The quantitative estimate of drug-likeness (QED) is 0.190. The molecule has 0 spiro atoms. The van der Waals surface area contributed by atoms with Gasteiger partial charge in [-0.3, -0.25) is 4.39 Å². The van der Waals surface area contributed by atoms with Crippen LogP contribution in [0.5, 0.6) is 5.75 Å². The van der Waals surface area contributed by atoms with Crippen LogP contribution < -0.4 is 11.4 Å². The smallest absolute Gasteiger partial charge is 0.353 e. The fourth-order valence-corrected chi connectivity index (χ4v) is 3.62. The van der Waals surface area contributed by atoms with Crippen LogP contribution in [-0.2, 0) is 17.2 Å². The third-order valence-electron chi connectivity index (χ3n) is 5.51. The summed E-state index contributed by atoms with van der Waals surface area (Å²) in [5, 5.41) is 63.1. The number of aromatic nitrogens is 2. The van der Waals surface area contributed by atoms with Gasteiger partial charge in [0.2, 0.25) is 5.72 Å². The van der Waals surface area contributed by atoms with Crippen molar-refractivity contribution < 1.29 is 39.9 Å². The Labute approximate surface area is 181 Å². The maximum atomic E-state index is 13.2. The van der Waals surface area contributed by atoms with Crippen LogP contribution in [0.25, 0.3) is 0 Å². The zero-order valence-corrected chi connectivity index (χ0v) is 17.0. The second-order valence-electron chi connectivity index (χ2n) is 7.61. The van der Waals surface area contributed by atoms with E-state index in [1.165, 1.54) is 31.2 Å². The molecule has 8 N–H and O–H groups in total. The predicted octanol–water partition coefficient (Wildman–Crippen LogP) is -1.46. The molecule has 32 heavy (non-hydrogen) atoms. The van der Waals surface area contributed by atoms with Gasteiger partial charge in [0.1, 0.15) is 23.8 Å². The number of phenolic OH excluding ortho intramolecular Hbond substituents is 1. The number of aliphatic hydroxyl groups is 4. The molecule has 13 heteroatoms. The zero-order valence-electron chi connectivity index (χ0n) is 17.0. The highest BCUT2D eigenvalue weighted by molar-refractivity contribution is 5.42. The maximum Gasteiger partial charge on any atom is 0.353 e. The lowest BCUT2D eigenvalue weighted by molar-refractivity contribution is -0.413. The highest BCUT2D eigenvalue weighted by Crippen LogP contribution is 2.45. The van der Waals surface area contributed by atoms with Crippen molar-refractivity contribution in [1.29, 1.82) is 0 Å². The molecule has 0 amide bonds. The summed E-state index contributed by atoms with van der Waals surface area (Å²) in [6.07, 6.45) is -2.80. The molecule has 0 saturated carbocycles. The molecule has 0 aliphatic carbocycles. The number of hydrogen-bond donors (Lipinski definition) is 7. The van der Waals surface area contributed by atoms with Crippen molar-refractivity contribution in [3.05, 3.63) is 52.1 Å². The molecule has 12 nitrogen and oxygen atoms in total. The van der Waals surface area contributed by atoms with Gasteiger partial charge in [-0.2, -0.15) is 0 Å². The average molecular weight is 456 g/mol. The van der Waals surface area contributed by atoms with E-state index < -0.39 is 61.1 Å². The molecule has 5 atom stereocenters. The lowest BCUT2D eigenvalue weighted by atomic mass is 9.99. The Balaban J connectivity index is 2.16. The minimum Gasteiger partial charge on any atom is -0.508 e. The first-order valence-electron chi connectivity index (χ1n) is 9.61. The van der Waals surface area contributed by atoms with Crippen molar-refractivity contribution in [2.45, 2.75) is 43.2 Å². The van der Waals surface area contributed by atoms with E-state index in [0.29, 0.717) is 5.56 Å². The van der Waals surface area contributed by atoms with E-state index in [1.54, 1.807) is 0 Å². The number of ether oxygens (including phenoxy) is 1. The van der Waals surface area contributed by atoms with Gasteiger partial charge in [0.15, 0.2) is 0 Å². The lowest BCUT2D eigenvalue weighted by Crippen LogP contribution is -2.68. The fourth-order valence-electron chi connectivity index (χ4n) is 3.62. The van der Waals surface area contributed by atoms with Gasteiger partial charge in [0.05, 0.1) is 19.8 Å². The molecule has 1 aliphatic heterocycles. The summed E-state index contributed by atoms with van der Waals surface area (Å²) in [6, 6.07) is 5.37. The van der Waals surface area contributed by atoms with Gasteiger partial charge in [0, 0.05) is 17.7 Å². The van der Waals surface area contributed by atoms with Gasteiger partial charge < -0.3 is 41.2 Å². The van der Waals surface area contributed by atoms with Gasteiger partial charge in [0.25, 0.3) is 0 Å². The second-order valence-corrected chi connectivity index (χ2v) is 7.61. The fraction of sp³-hybridized carbons (Fsp3) is 0.474. The van der Waals surface area contributed by atoms with Crippen LogP contribution in [0.4, 0.5) is 10.2 Å². The molecular formula is C19H25FN4O8. The third-order valence-corrected chi connectivity index (χ3v) is 5.51. The third kappa shape index (κ3) is 3.63. The highest BCUT2D eigenvalue weighted by atomic mass is 19.1. The summed E-state index contributed by atoms with van der Waals surface area (Å²) in [7, 11) is 0. The van der Waals surface area contributed by atoms with Crippen molar-refractivity contribution >= 4 is 5.82 Å². The molecule has 0 bridgehead atoms. The van der Waals surface area contributed by atoms with Gasteiger partial charge in [-0.05, 0) is 17.7 Å². The van der Waals surface area contributed by atoms with Crippen LogP contribution in [0.3, 0.4) is 0 Å². The van der Waals surface area contributed by atoms with Crippen molar-refractivity contribution in [3.63, 3.8) is 0 Å². The first kappa shape index (κ1) is 24.0. The summed E-state index contributed by atoms with van der Waals surface area (Å²) in [5.74, 6) is -4.69. The largest absolute Gasteiger partial charge is 0.508 e. The Kier molecular flexibility index (Phi) is 6.53. The summed E-state index contributed by atoms with van der Waals surface area (Å²) in [6.45, 7) is -0.896. The number of hydrogen-bond acceptors (Lipinski definition) is 11. The maximum absolute atomic E-state index is 13.2. The van der Waals surface area contributed by atoms with Gasteiger partial charge in [-0.1, -0.05) is 19.1 Å². The van der Waals surface area contributed by atoms with E-state index in [2.05, 4.69) is 4.98 Å². The number of anilines is 1. The van der Waals surface area contributed by atoms with Crippen LogP contribution in [0.1, 0.15) is 24.0 Å². The molecule has 1 aliphatic rings. The number of aliphatic hydroxyl groups excluding tert-OH is 2. The molecule has 3 rings (SSSR count). The van der Waals surface area contributed by atoms with Crippen LogP contribution in [-0.4, -0.2) is 76.6 Å². The van der Waals surface area contributed by atoms with E-state index in [-0.39, 0.29) is 20.9 Å². The lowest BCUT2D eigenvalue weighted by Gasteiger charge is -2.42. The summed E-state index contributed by atoms with van der Waals surface area (Å²) in [5.41, 5.74) is 1.92. The monoisotopic (exact) mass is 456 g/mol. The average Bonchev–Trinajstić information content (AvgIpc) is 2.96. The second kappa shape index (κ2) is 8.71. The Bertz CT molecular complexity index is 1020. The van der Waals surface area contributed by atoms with Crippen LogP contribution in [0, 0.1) is 0 Å². The van der Waals surface area contributed by atoms with Crippen LogP contribution >= 0.6 is 0 Å². The van der Waals surface area contributed by atoms with E-state index in [4.69, 9.17) is 10.5 Å². The number of hydroxylamine groups is 2.